The number of hydrogen-bond acceptors (Lipinski definition) is 3. The minimum Gasteiger partial charge on any atom is -0.375 e. The fraction of sp³-hybridized carbons (Fsp3) is 0.0645. The van der Waals surface area contributed by atoms with Crippen LogP contribution in [-0.4, -0.2) is 11.3 Å². The maximum Gasteiger partial charge on any atom is 0.333 e. The van der Waals surface area contributed by atoms with Gasteiger partial charge >= 0.3 is 6.85 Å². The lowest BCUT2D eigenvalue weighted by Crippen LogP contribution is -2.56. The largest absolute Gasteiger partial charge is 0.375 e. The quantitative estimate of drug-likeness (QED) is 0.160. The number of benzene rings is 10. The molecule has 0 bridgehead atoms. The number of anilines is 6. The zero-order valence-electron chi connectivity index (χ0n) is 37.5. The van der Waals surface area contributed by atoms with E-state index in [0.717, 1.165) is 17.1 Å². The molecule has 2 aliphatic rings. The van der Waals surface area contributed by atoms with Gasteiger partial charge < -0.3 is 14.3 Å². The van der Waals surface area contributed by atoms with E-state index >= 15 is 0 Å². The number of thiophene rings is 1. The monoisotopic (exact) mass is 873 g/mol. The highest BCUT2D eigenvalue weighted by Crippen LogP contribution is 2.53. The predicted octanol–water partition coefficient (Wildman–Crippen LogP) is 16.2. The lowest BCUT2D eigenvalue weighted by atomic mass is 9.45. The minimum absolute atomic E-state index is 0.0521. The van der Waals surface area contributed by atoms with Crippen LogP contribution in [0.2, 0.25) is 0 Å². The fourth-order valence-electron chi connectivity index (χ4n) is 11.4. The summed E-state index contributed by atoms with van der Waals surface area (Å²) in [5, 5.41) is 7.70. The molecule has 0 N–H and O–H groups in total. The molecule has 10 aromatic carbocycles. The van der Waals surface area contributed by atoms with E-state index < -0.39 is 0 Å². The topological polar surface area (TPSA) is 11.4 Å². The van der Waals surface area contributed by atoms with Crippen LogP contribution in [0.3, 0.4) is 0 Å². The first-order valence-electron chi connectivity index (χ1n) is 23.4. The van der Waals surface area contributed by atoms with Crippen LogP contribution in [-0.2, 0) is 5.41 Å². The number of rotatable bonds is 5. The summed E-state index contributed by atoms with van der Waals surface area (Å²) in [6.07, 6.45) is 0. The molecule has 12 aromatic rings. The Morgan fingerprint density at radius 1 is 0.478 bits per heavy atom. The maximum absolute atomic E-state index is 2.71. The second-order valence-corrected chi connectivity index (χ2v) is 20.4. The van der Waals surface area contributed by atoms with Crippen molar-refractivity contribution in [3.05, 3.63) is 218 Å². The molecule has 67 heavy (non-hydrogen) atoms. The minimum atomic E-state index is -0.111. The lowest BCUT2D eigenvalue weighted by molar-refractivity contribution is 0.590. The molecule has 0 saturated heterocycles. The lowest BCUT2D eigenvalue weighted by Gasteiger charge is -2.42. The Balaban J connectivity index is 1.17. The van der Waals surface area contributed by atoms with Gasteiger partial charge in [0.15, 0.2) is 0 Å². The van der Waals surface area contributed by atoms with E-state index in [1.807, 2.05) is 11.3 Å². The van der Waals surface area contributed by atoms with Crippen LogP contribution in [0.1, 0.15) is 26.3 Å². The van der Waals surface area contributed by atoms with Crippen molar-refractivity contribution in [3.63, 3.8) is 0 Å². The normalized spacial score (nSPS) is 12.9. The summed E-state index contributed by atoms with van der Waals surface area (Å²) in [5.41, 5.74) is 18.4. The molecule has 0 spiro atoms. The van der Waals surface area contributed by atoms with Crippen LogP contribution in [0.15, 0.2) is 212 Å². The van der Waals surface area contributed by atoms with Crippen LogP contribution < -0.4 is 20.7 Å². The van der Waals surface area contributed by atoms with Crippen LogP contribution in [0, 0.1) is 0 Å². The molecule has 0 aliphatic carbocycles. The third-order valence-corrected chi connectivity index (χ3v) is 15.6. The first-order valence-corrected chi connectivity index (χ1v) is 24.2. The zero-order valence-corrected chi connectivity index (χ0v) is 38.4. The Bertz CT molecular complexity index is 3940. The van der Waals surface area contributed by atoms with E-state index in [1.54, 1.807) is 0 Å². The molecule has 3 nitrogen and oxygen atoms in total. The summed E-state index contributed by atoms with van der Waals surface area (Å²) >= 11 is 1.91. The number of aromatic nitrogens is 1. The summed E-state index contributed by atoms with van der Waals surface area (Å²) in [6, 6.07) is 79.5. The van der Waals surface area contributed by atoms with Gasteiger partial charge in [-0.15, -0.1) is 11.3 Å². The van der Waals surface area contributed by atoms with Gasteiger partial charge in [0.2, 0.25) is 0 Å². The van der Waals surface area contributed by atoms with Crippen LogP contribution in [0.25, 0.3) is 75.0 Å². The van der Waals surface area contributed by atoms with Gasteiger partial charge in [-0.1, -0.05) is 160 Å². The van der Waals surface area contributed by atoms with Gasteiger partial charge in [0.05, 0.1) is 11.4 Å². The Morgan fingerprint density at radius 2 is 1.15 bits per heavy atom. The summed E-state index contributed by atoms with van der Waals surface area (Å²) in [5.74, 6) is 0. The summed E-state index contributed by atoms with van der Waals surface area (Å²) in [7, 11) is 0. The molecule has 316 valence electrons. The molecule has 2 aromatic heterocycles. The highest BCUT2D eigenvalue weighted by molar-refractivity contribution is 7.26. The van der Waals surface area contributed by atoms with E-state index in [0.29, 0.717) is 0 Å². The van der Waals surface area contributed by atoms with Crippen molar-refractivity contribution in [2.75, 3.05) is 9.80 Å². The molecule has 0 radical (unpaired) electrons. The van der Waals surface area contributed by atoms with E-state index in [-0.39, 0.29) is 12.3 Å². The van der Waals surface area contributed by atoms with Gasteiger partial charge in [0, 0.05) is 75.9 Å². The average molecular weight is 874 g/mol. The molecule has 0 fully saturated rings. The Morgan fingerprint density at radius 3 is 1.90 bits per heavy atom. The van der Waals surface area contributed by atoms with Crippen molar-refractivity contribution < 1.29 is 0 Å². The Labute approximate surface area is 394 Å². The van der Waals surface area contributed by atoms with Gasteiger partial charge in [0.1, 0.15) is 0 Å². The Kier molecular flexibility index (Phi) is 8.21. The SMILES string of the molecule is CC(C)(C)c1ccc(N2c3cc(N(c4ccccc4)c4ccccc4)ccc3B3c4c(cc5sc6ccccc6c5c42)-c2cccc4c5cc6ccccc6cc5n3c24)c(-c2ccccc2)c1. The number of fused-ring (bicyclic) bond motifs is 12. The van der Waals surface area contributed by atoms with Crippen molar-refractivity contribution in [2.24, 2.45) is 0 Å². The molecular formula is C62H44BN3S. The van der Waals surface area contributed by atoms with Crippen LogP contribution in [0.4, 0.5) is 34.1 Å². The highest BCUT2D eigenvalue weighted by Gasteiger charge is 2.45. The maximum atomic E-state index is 2.71. The van der Waals surface area contributed by atoms with Crippen molar-refractivity contribution in [1.29, 1.82) is 0 Å². The van der Waals surface area contributed by atoms with Gasteiger partial charge in [-0.2, -0.15) is 0 Å². The van der Waals surface area contributed by atoms with E-state index in [2.05, 4.69) is 247 Å². The van der Waals surface area contributed by atoms with E-state index in [9.17, 15) is 0 Å². The zero-order chi connectivity index (χ0) is 44.5. The molecule has 0 atom stereocenters. The van der Waals surface area contributed by atoms with Crippen molar-refractivity contribution in [3.8, 4) is 22.3 Å². The standard InChI is InChI=1S/C62H44BN3S/c1-62(2,3)42-30-33-53(49(36-42)39-18-7-4-8-19-39)65-55-37-45(64(43-22-9-5-10-23-43)44-24-11-6-12-25-44)31-32-52(55)63-59-51(38-57-58(61(59)65)48-26-15-16-29-56(48)67-57)47-28-17-27-46-50-34-40-20-13-14-21-41(40)35-54(50)66(63)60(46)47/h4-38H,1-3H3. The fourth-order valence-corrected chi connectivity index (χ4v) is 12.6. The van der Waals surface area contributed by atoms with Crippen molar-refractivity contribution >= 4 is 116 Å². The summed E-state index contributed by atoms with van der Waals surface area (Å²) in [4.78, 5) is 5.08. The average Bonchev–Trinajstić information content (AvgIpc) is 3.90. The second kappa shape index (κ2) is 14.3. The molecule has 14 rings (SSSR count). The molecule has 4 heterocycles. The second-order valence-electron chi connectivity index (χ2n) is 19.3. The summed E-state index contributed by atoms with van der Waals surface area (Å²) in [6.45, 7) is 6.86. The molecule has 0 amide bonds. The van der Waals surface area contributed by atoms with E-state index in [4.69, 9.17) is 0 Å². The highest BCUT2D eigenvalue weighted by atomic mass is 32.1. The number of hydrogen-bond donors (Lipinski definition) is 0. The van der Waals surface area contributed by atoms with E-state index in [1.165, 1.54) is 109 Å². The van der Waals surface area contributed by atoms with Crippen molar-refractivity contribution in [1.82, 2.24) is 4.48 Å². The third-order valence-electron chi connectivity index (χ3n) is 14.4. The predicted molar refractivity (Wildman–Crippen MR) is 289 cm³/mol. The molecule has 5 heteroatoms. The smallest absolute Gasteiger partial charge is 0.333 e. The molecule has 0 unspecified atom stereocenters. The van der Waals surface area contributed by atoms with Gasteiger partial charge in [-0.25, -0.2) is 0 Å². The van der Waals surface area contributed by atoms with Crippen molar-refractivity contribution in [2.45, 2.75) is 26.2 Å². The molecular weight excluding hydrogens is 830 g/mol. The third kappa shape index (κ3) is 5.65. The van der Waals surface area contributed by atoms with Crippen LogP contribution in [0.5, 0.6) is 0 Å². The number of para-hydroxylation sites is 3. The van der Waals surface area contributed by atoms with Gasteiger partial charge in [-0.05, 0) is 117 Å². The molecule has 2 aliphatic heterocycles. The number of nitrogens with zero attached hydrogens (tertiary/aromatic N) is 3. The molecule has 0 saturated carbocycles. The first-order chi connectivity index (χ1) is 32.9. The first kappa shape index (κ1) is 38.4. The van der Waals surface area contributed by atoms with Crippen LogP contribution >= 0.6 is 11.3 Å². The van der Waals surface area contributed by atoms with Gasteiger partial charge in [-0.3, -0.25) is 0 Å². The summed E-state index contributed by atoms with van der Waals surface area (Å²) < 4.78 is 5.31. The Hall–Kier alpha value is -7.86. The van der Waals surface area contributed by atoms with Gasteiger partial charge in [0.25, 0.3) is 0 Å².